The van der Waals surface area contributed by atoms with Crippen LogP contribution >= 0.6 is 0 Å². The van der Waals surface area contributed by atoms with Crippen molar-refractivity contribution in [2.75, 3.05) is 6.54 Å². The molecule has 2 aromatic heterocycles. The molecule has 2 heterocycles. The summed E-state index contributed by atoms with van der Waals surface area (Å²) < 4.78 is 37.5. The van der Waals surface area contributed by atoms with E-state index in [0.717, 1.165) is 18.7 Å². The van der Waals surface area contributed by atoms with Crippen molar-refractivity contribution in [1.29, 1.82) is 0 Å². The summed E-state index contributed by atoms with van der Waals surface area (Å²) in [7, 11) is -3.52. The molecule has 132 valence electrons. The first-order valence-corrected chi connectivity index (χ1v) is 9.62. The normalized spacial score (nSPS) is 15.8. The van der Waals surface area contributed by atoms with Crippen LogP contribution in [0.3, 0.4) is 0 Å². The zero-order valence-corrected chi connectivity index (χ0v) is 14.9. The van der Waals surface area contributed by atoms with Crippen LogP contribution in [-0.4, -0.2) is 30.1 Å². The third kappa shape index (κ3) is 4.21. The number of sulfonamides is 1. The molecule has 0 atom stereocenters. The van der Waals surface area contributed by atoms with Crippen LogP contribution in [0.2, 0.25) is 0 Å². The van der Waals surface area contributed by atoms with Crippen LogP contribution in [0, 0.1) is 0 Å². The molecule has 0 amide bonds. The minimum Gasteiger partial charge on any atom is -0.448 e. The number of nitrogens with zero attached hydrogens (tertiary/aromatic N) is 3. The Morgan fingerprint density at radius 3 is 2.75 bits per heavy atom. The predicted octanol–water partition coefficient (Wildman–Crippen LogP) is 1.89. The fourth-order valence-electron chi connectivity index (χ4n) is 2.40. The molecule has 9 heteroatoms. The summed E-state index contributed by atoms with van der Waals surface area (Å²) in [5, 5.41) is 3.91. The molecule has 1 N–H and O–H groups in total. The van der Waals surface area contributed by atoms with Crippen LogP contribution in [-0.2, 0) is 27.6 Å². The van der Waals surface area contributed by atoms with Crippen molar-refractivity contribution in [3.63, 3.8) is 0 Å². The van der Waals surface area contributed by atoms with Gasteiger partial charge in [0.15, 0.2) is 12.2 Å². The van der Waals surface area contributed by atoms with Crippen molar-refractivity contribution < 1.29 is 17.4 Å². The van der Waals surface area contributed by atoms with Crippen LogP contribution in [0.1, 0.15) is 62.7 Å². The van der Waals surface area contributed by atoms with Gasteiger partial charge in [-0.15, -0.1) is 0 Å². The van der Waals surface area contributed by atoms with Gasteiger partial charge in [0.05, 0.1) is 5.69 Å². The molecule has 3 rings (SSSR count). The van der Waals surface area contributed by atoms with Gasteiger partial charge < -0.3 is 8.94 Å². The van der Waals surface area contributed by atoms with Gasteiger partial charge in [-0.1, -0.05) is 25.9 Å². The maximum atomic E-state index is 12.2. The van der Waals surface area contributed by atoms with E-state index in [1.807, 2.05) is 20.8 Å². The highest BCUT2D eigenvalue weighted by molar-refractivity contribution is 7.88. The summed E-state index contributed by atoms with van der Waals surface area (Å²) in [6.07, 6.45) is 3.84. The zero-order valence-electron chi connectivity index (χ0n) is 14.1. The predicted molar refractivity (Wildman–Crippen MR) is 85.8 cm³/mol. The molecule has 0 bridgehead atoms. The highest BCUT2D eigenvalue weighted by Crippen LogP contribution is 2.38. The Labute approximate surface area is 141 Å². The summed E-state index contributed by atoms with van der Waals surface area (Å²) in [5.41, 5.74) is 0.133. The number of oxazole rings is 1. The topological polar surface area (TPSA) is 111 Å². The van der Waals surface area contributed by atoms with Crippen molar-refractivity contribution in [2.45, 2.75) is 57.1 Å². The first-order valence-electron chi connectivity index (χ1n) is 7.97. The Hall–Kier alpha value is -1.74. The van der Waals surface area contributed by atoms with Gasteiger partial charge in [0.1, 0.15) is 11.5 Å². The molecule has 24 heavy (non-hydrogen) atoms. The van der Waals surface area contributed by atoms with E-state index in [-0.39, 0.29) is 17.7 Å². The molecule has 0 radical (unpaired) electrons. The summed E-state index contributed by atoms with van der Waals surface area (Å²) in [6.45, 7) is 6.05. The molecule has 1 saturated carbocycles. The van der Waals surface area contributed by atoms with Crippen LogP contribution < -0.4 is 4.72 Å². The fourth-order valence-corrected chi connectivity index (χ4v) is 3.48. The molecule has 1 aliphatic rings. The minimum atomic E-state index is -3.52. The third-order valence-corrected chi connectivity index (χ3v) is 5.03. The van der Waals surface area contributed by atoms with Crippen molar-refractivity contribution in [3.05, 3.63) is 29.6 Å². The summed E-state index contributed by atoms with van der Waals surface area (Å²) in [6, 6.07) is 0. The van der Waals surface area contributed by atoms with Gasteiger partial charge in [-0.05, 0) is 12.8 Å². The van der Waals surface area contributed by atoms with E-state index in [2.05, 4.69) is 19.8 Å². The summed E-state index contributed by atoms with van der Waals surface area (Å²) >= 11 is 0. The first-order chi connectivity index (χ1) is 11.2. The van der Waals surface area contributed by atoms with Gasteiger partial charge in [-0.3, -0.25) is 0 Å². The second kappa shape index (κ2) is 6.29. The van der Waals surface area contributed by atoms with Crippen molar-refractivity contribution in [2.24, 2.45) is 0 Å². The highest BCUT2D eigenvalue weighted by atomic mass is 32.2. The van der Waals surface area contributed by atoms with Gasteiger partial charge in [0.25, 0.3) is 0 Å². The quantitative estimate of drug-likeness (QED) is 0.808. The SMILES string of the molecule is CC(C)(C)c1ocnc1CS(=O)(=O)NCCc1nc(C2CC2)no1. The van der Waals surface area contributed by atoms with Crippen LogP contribution in [0.15, 0.2) is 15.3 Å². The van der Waals surface area contributed by atoms with E-state index < -0.39 is 10.0 Å². The van der Waals surface area contributed by atoms with Gasteiger partial charge in [0, 0.05) is 24.3 Å². The maximum Gasteiger partial charge on any atom is 0.227 e. The molecule has 0 saturated heterocycles. The van der Waals surface area contributed by atoms with E-state index in [4.69, 9.17) is 8.94 Å². The second-order valence-corrected chi connectivity index (χ2v) is 8.91. The Morgan fingerprint density at radius 1 is 1.33 bits per heavy atom. The first kappa shape index (κ1) is 17.1. The van der Waals surface area contributed by atoms with Crippen LogP contribution in [0.25, 0.3) is 0 Å². The Kier molecular flexibility index (Phi) is 4.48. The molecule has 0 aliphatic heterocycles. The lowest BCUT2D eigenvalue weighted by Crippen LogP contribution is -2.28. The van der Waals surface area contributed by atoms with Gasteiger partial charge in [-0.25, -0.2) is 18.1 Å². The van der Waals surface area contributed by atoms with E-state index in [1.165, 1.54) is 6.39 Å². The maximum absolute atomic E-state index is 12.2. The molecule has 0 unspecified atom stereocenters. The monoisotopic (exact) mass is 354 g/mol. The van der Waals surface area contributed by atoms with E-state index in [1.54, 1.807) is 0 Å². The molecular formula is C15H22N4O4S. The van der Waals surface area contributed by atoms with E-state index >= 15 is 0 Å². The molecule has 8 nitrogen and oxygen atoms in total. The molecule has 1 aliphatic carbocycles. The molecule has 0 spiro atoms. The lowest BCUT2D eigenvalue weighted by atomic mass is 9.92. The number of hydrogen-bond acceptors (Lipinski definition) is 7. The number of rotatable bonds is 7. The van der Waals surface area contributed by atoms with Gasteiger partial charge in [-0.2, -0.15) is 4.98 Å². The Morgan fingerprint density at radius 2 is 2.08 bits per heavy atom. The fraction of sp³-hybridized carbons (Fsp3) is 0.667. The lowest BCUT2D eigenvalue weighted by molar-refractivity contribution is 0.373. The standard InChI is InChI=1S/C15H22N4O4S/c1-15(2,3)13-11(16-9-22-13)8-24(20,21)17-7-6-12-18-14(19-23-12)10-4-5-10/h9-10,17H,4-8H2,1-3H3. The van der Waals surface area contributed by atoms with Crippen molar-refractivity contribution in [1.82, 2.24) is 19.8 Å². The Balaban J connectivity index is 1.55. The average Bonchev–Trinajstić information content (AvgIpc) is 3.02. The van der Waals surface area contributed by atoms with E-state index in [9.17, 15) is 8.42 Å². The Bertz CT molecular complexity index is 800. The minimum absolute atomic E-state index is 0.206. The zero-order chi connectivity index (χ0) is 17.4. The van der Waals surface area contributed by atoms with Crippen LogP contribution in [0.5, 0.6) is 0 Å². The van der Waals surface area contributed by atoms with Crippen molar-refractivity contribution in [3.8, 4) is 0 Å². The molecule has 0 aromatic carbocycles. The number of aromatic nitrogens is 3. The molecular weight excluding hydrogens is 332 g/mol. The van der Waals surface area contributed by atoms with Gasteiger partial charge >= 0.3 is 0 Å². The van der Waals surface area contributed by atoms with E-state index in [0.29, 0.717) is 29.7 Å². The smallest absolute Gasteiger partial charge is 0.227 e. The average molecular weight is 354 g/mol. The summed E-state index contributed by atoms with van der Waals surface area (Å²) in [5.74, 6) is 1.97. The third-order valence-electron chi connectivity index (χ3n) is 3.74. The summed E-state index contributed by atoms with van der Waals surface area (Å²) in [4.78, 5) is 8.31. The largest absolute Gasteiger partial charge is 0.448 e. The molecule has 2 aromatic rings. The molecule has 1 fully saturated rings. The van der Waals surface area contributed by atoms with Crippen molar-refractivity contribution >= 4 is 10.0 Å². The lowest BCUT2D eigenvalue weighted by Gasteiger charge is -2.16. The number of hydrogen-bond donors (Lipinski definition) is 1. The second-order valence-electron chi connectivity index (χ2n) is 7.10. The highest BCUT2D eigenvalue weighted by Gasteiger charge is 2.29. The number of nitrogens with one attached hydrogen (secondary N) is 1. The van der Waals surface area contributed by atoms with Crippen LogP contribution in [0.4, 0.5) is 0 Å². The van der Waals surface area contributed by atoms with Gasteiger partial charge in [0.2, 0.25) is 15.9 Å².